The molecule has 1 N–H and O–H groups in total. The van der Waals surface area contributed by atoms with Crippen molar-refractivity contribution in [2.75, 3.05) is 16.8 Å². The fourth-order valence-electron chi connectivity index (χ4n) is 2.10. The Kier molecular flexibility index (Phi) is 5.17. The Morgan fingerprint density at radius 2 is 1.86 bits per heavy atom. The molecule has 0 atom stereocenters. The van der Waals surface area contributed by atoms with Gasteiger partial charge in [-0.15, -0.1) is 0 Å². The summed E-state index contributed by atoms with van der Waals surface area (Å²) in [6, 6.07) is 14.4. The van der Waals surface area contributed by atoms with E-state index in [1.807, 2.05) is 31.2 Å². The number of amides is 2. The van der Waals surface area contributed by atoms with Gasteiger partial charge < -0.3 is 10.2 Å². The fraction of sp³-hybridized carbons (Fsp3) is 0.176. The third-order valence-corrected chi connectivity index (χ3v) is 3.34. The van der Waals surface area contributed by atoms with Gasteiger partial charge in [0.25, 0.3) is 0 Å². The average Bonchev–Trinajstić information content (AvgIpc) is 2.44. The number of carbonyl (C=O) groups excluding carboxylic acids is 2. The zero-order valence-electron chi connectivity index (χ0n) is 12.5. The monoisotopic (exact) mass is 316 g/mol. The summed E-state index contributed by atoms with van der Waals surface area (Å²) in [6.45, 7) is 3.30. The molecule has 2 rings (SSSR count). The predicted octanol–water partition coefficient (Wildman–Crippen LogP) is 3.64. The molecule has 0 saturated carbocycles. The van der Waals surface area contributed by atoms with E-state index in [-0.39, 0.29) is 18.4 Å². The second-order valence-corrected chi connectivity index (χ2v) is 5.44. The van der Waals surface area contributed by atoms with Crippen molar-refractivity contribution < 1.29 is 9.59 Å². The summed E-state index contributed by atoms with van der Waals surface area (Å²) in [4.78, 5) is 25.3. The molecule has 0 aliphatic rings. The van der Waals surface area contributed by atoms with Crippen molar-refractivity contribution in [3.05, 3.63) is 59.1 Å². The minimum absolute atomic E-state index is 0.0659. The van der Waals surface area contributed by atoms with E-state index in [0.29, 0.717) is 16.4 Å². The number of rotatable bonds is 4. The molecular weight excluding hydrogens is 300 g/mol. The molecule has 0 bridgehead atoms. The molecule has 0 unspecified atom stereocenters. The van der Waals surface area contributed by atoms with E-state index >= 15 is 0 Å². The zero-order chi connectivity index (χ0) is 16.1. The number of carbonyl (C=O) groups is 2. The summed E-state index contributed by atoms with van der Waals surface area (Å²) >= 11 is 5.94. The van der Waals surface area contributed by atoms with Crippen molar-refractivity contribution in [2.24, 2.45) is 0 Å². The quantitative estimate of drug-likeness (QED) is 0.936. The Hall–Kier alpha value is -2.33. The number of hydrogen-bond donors (Lipinski definition) is 1. The van der Waals surface area contributed by atoms with E-state index in [2.05, 4.69) is 5.32 Å². The molecule has 4 nitrogen and oxygen atoms in total. The summed E-state index contributed by atoms with van der Waals surface area (Å²) in [7, 11) is 0. The molecular formula is C17H17ClN2O2. The highest BCUT2D eigenvalue weighted by atomic mass is 35.5. The van der Waals surface area contributed by atoms with Gasteiger partial charge in [0.2, 0.25) is 11.8 Å². The summed E-state index contributed by atoms with van der Waals surface area (Å²) in [5.41, 5.74) is 2.36. The van der Waals surface area contributed by atoms with Crippen molar-refractivity contribution in [1.82, 2.24) is 0 Å². The SMILES string of the molecule is CC(=O)N(CC(=O)Nc1cccc(C)c1)c1cccc(Cl)c1. The number of nitrogens with one attached hydrogen (secondary N) is 1. The van der Waals surface area contributed by atoms with Crippen molar-refractivity contribution in [1.29, 1.82) is 0 Å². The van der Waals surface area contributed by atoms with E-state index < -0.39 is 0 Å². The first-order valence-corrected chi connectivity index (χ1v) is 7.23. The molecule has 0 spiro atoms. The van der Waals surface area contributed by atoms with Gasteiger partial charge in [-0.1, -0.05) is 29.8 Å². The van der Waals surface area contributed by atoms with Gasteiger partial charge in [0, 0.05) is 23.3 Å². The minimum Gasteiger partial charge on any atom is -0.325 e. The van der Waals surface area contributed by atoms with Crippen LogP contribution in [0.5, 0.6) is 0 Å². The van der Waals surface area contributed by atoms with Gasteiger partial charge in [-0.25, -0.2) is 0 Å². The lowest BCUT2D eigenvalue weighted by molar-refractivity contribution is -0.120. The van der Waals surface area contributed by atoms with Crippen LogP contribution < -0.4 is 10.2 Å². The van der Waals surface area contributed by atoms with E-state index in [1.165, 1.54) is 11.8 Å². The lowest BCUT2D eigenvalue weighted by Gasteiger charge is -2.21. The molecule has 0 saturated heterocycles. The van der Waals surface area contributed by atoms with E-state index in [9.17, 15) is 9.59 Å². The molecule has 0 fully saturated rings. The Labute approximate surface area is 134 Å². The van der Waals surface area contributed by atoms with E-state index in [1.54, 1.807) is 24.3 Å². The Morgan fingerprint density at radius 1 is 1.14 bits per heavy atom. The summed E-state index contributed by atoms with van der Waals surface area (Å²) < 4.78 is 0. The number of benzene rings is 2. The molecule has 114 valence electrons. The summed E-state index contributed by atoms with van der Waals surface area (Å²) in [5.74, 6) is -0.484. The molecule has 0 aliphatic carbocycles. The molecule has 0 heterocycles. The van der Waals surface area contributed by atoms with Crippen LogP contribution in [0.25, 0.3) is 0 Å². The van der Waals surface area contributed by atoms with Crippen molar-refractivity contribution >= 4 is 34.8 Å². The average molecular weight is 317 g/mol. The maximum atomic E-state index is 12.2. The summed E-state index contributed by atoms with van der Waals surface area (Å²) in [6.07, 6.45) is 0. The summed E-state index contributed by atoms with van der Waals surface area (Å²) in [5, 5.41) is 3.30. The first-order chi connectivity index (χ1) is 10.5. The molecule has 0 aromatic heterocycles. The highest BCUT2D eigenvalue weighted by Crippen LogP contribution is 2.20. The highest BCUT2D eigenvalue weighted by molar-refractivity contribution is 6.31. The fourth-order valence-corrected chi connectivity index (χ4v) is 2.28. The van der Waals surface area contributed by atoms with Crippen molar-refractivity contribution in [2.45, 2.75) is 13.8 Å². The maximum absolute atomic E-state index is 12.2. The van der Waals surface area contributed by atoms with Crippen LogP contribution in [0.2, 0.25) is 5.02 Å². The second-order valence-electron chi connectivity index (χ2n) is 5.00. The van der Waals surface area contributed by atoms with Crippen molar-refractivity contribution in [3.63, 3.8) is 0 Å². The van der Waals surface area contributed by atoms with Crippen LogP contribution in [-0.2, 0) is 9.59 Å². The largest absolute Gasteiger partial charge is 0.325 e. The van der Waals surface area contributed by atoms with Gasteiger partial charge in [0.15, 0.2) is 0 Å². The molecule has 0 aliphatic heterocycles. The van der Waals surface area contributed by atoms with E-state index in [4.69, 9.17) is 11.6 Å². The predicted molar refractivity (Wildman–Crippen MR) is 89.3 cm³/mol. The molecule has 2 amide bonds. The highest BCUT2D eigenvalue weighted by Gasteiger charge is 2.16. The van der Waals surface area contributed by atoms with Crippen LogP contribution in [0.4, 0.5) is 11.4 Å². The Bertz CT molecular complexity index is 701. The third kappa shape index (κ3) is 4.33. The molecule has 2 aromatic rings. The third-order valence-electron chi connectivity index (χ3n) is 3.10. The van der Waals surface area contributed by atoms with Crippen LogP contribution in [-0.4, -0.2) is 18.4 Å². The Morgan fingerprint density at radius 3 is 2.50 bits per heavy atom. The normalized spacial score (nSPS) is 10.1. The number of nitrogens with zero attached hydrogens (tertiary/aromatic N) is 1. The molecule has 0 radical (unpaired) electrons. The minimum atomic E-state index is -0.263. The first kappa shape index (κ1) is 16.0. The van der Waals surface area contributed by atoms with E-state index in [0.717, 1.165) is 5.56 Å². The van der Waals surface area contributed by atoms with Gasteiger partial charge in [-0.3, -0.25) is 9.59 Å². The molecule has 5 heteroatoms. The number of halogens is 1. The molecule has 22 heavy (non-hydrogen) atoms. The van der Waals surface area contributed by atoms with Gasteiger partial charge in [0.05, 0.1) is 0 Å². The van der Waals surface area contributed by atoms with Gasteiger partial charge >= 0.3 is 0 Å². The van der Waals surface area contributed by atoms with Crippen molar-refractivity contribution in [3.8, 4) is 0 Å². The van der Waals surface area contributed by atoms with Gasteiger partial charge in [-0.05, 0) is 42.8 Å². The smallest absolute Gasteiger partial charge is 0.244 e. The second kappa shape index (κ2) is 7.09. The number of aryl methyl sites for hydroxylation is 1. The maximum Gasteiger partial charge on any atom is 0.244 e. The van der Waals surface area contributed by atoms with Crippen LogP contribution in [0, 0.1) is 6.92 Å². The lowest BCUT2D eigenvalue weighted by Crippen LogP contribution is -2.36. The number of hydrogen-bond acceptors (Lipinski definition) is 2. The number of anilines is 2. The van der Waals surface area contributed by atoms with Gasteiger partial charge in [0.1, 0.15) is 6.54 Å². The first-order valence-electron chi connectivity index (χ1n) is 6.86. The van der Waals surface area contributed by atoms with Crippen LogP contribution >= 0.6 is 11.6 Å². The van der Waals surface area contributed by atoms with Gasteiger partial charge in [-0.2, -0.15) is 0 Å². The molecule has 2 aromatic carbocycles. The topological polar surface area (TPSA) is 49.4 Å². The van der Waals surface area contributed by atoms with Crippen LogP contribution in [0.1, 0.15) is 12.5 Å². The lowest BCUT2D eigenvalue weighted by atomic mass is 10.2. The Balaban J connectivity index is 2.11. The van der Waals surface area contributed by atoms with Crippen LogP contribution in [0.15, 0.2) is 48.5 Å². The standard InChI is InChI=1S/C17H17ClN2O2/c1-12-5-3-7-15(9-12)19-17(22)11-20(13(2)21)16-8-4-6-14(18)10-16/h3-10H,11H2,1-2H3,(H,19,22). The zero-order valence-corrected chi connectivity index (χ0v) is 13.2. The van der Waals surface area contributed by atoms with Crippen LogP contribution in [0.3, 0.4) is 0 Å².